The SMILES string of the molecule is CCc1c2c(c(CC)c3sc4c(CC)c5sssc5c(CC)c4sc13)SCCS2. The van der Waals surface area contributed by atoms with Crippen LogP contribution >= 0.6 is 76.2 Å². The largest absolute Gasteiger partial charge is 0.133 e. The zero-order valence-corrected chi connectivity index (χ0v) is 22.8. The Balaban J connectivity index is 2.02. The molecule has 2 aromatic heterocycles. The van der Waals surface area contributed by atoms with Crippen molar-refractivity contribution in [2.75, 3.05) is 11.5 Å². The van der Waals surface area contributed by atoms with Gasteiger partial charge in [0.25, 0.3) is 0 Å². The highest BCUT2D eigenvalue weighted by molar-refractivity contribution is 8.05. The van der Waals surface area contributed by atoms with Crippen LogP contribution in [0.4, 0.5) is 0 Å². The lowest BCUT2D eigenvalue weighted by Gasteiger charge is -2.24. The van der Waals surface area contributed by atoms with E-state index in [1.165, 1.54) is 11.5 Å². The van der Waals surface area contributed by atoms with Gasteiger partial charge in [-0.3, -0.25) is 0 Å². The minimum absolute atomic E-state index is 1.13. The molecule has 0 unspecified atom stereocenters. The smallest absolute Gasteiger partial charge is 0.0615 e. The maximum absolute atomic E-state index is 2.35. The van der Waals surface area contributed by atoms with E-state index in [2.05, 4.69) is 73.9 Å². The lowest BCUT2D eigenvalue weighted by atomic mass is 10.1. The van der Waals surface area contributed by atoms with Crippen molar-refractivity contribution in [2.24, 2.45) is 0 Å². The Morgan fingerprint density at radius 1 is 0.517 bits per heavy atom. The van der Waals surface area contributed by atoms with Crippen LogP contribution in [-0.4, -0.2) is 11.5 Å². The molecular formula is C22H24S7. The van der Waals surface area contributed by atoms with Gasteiger partial charge in [-0.25, -0.2) is 0 Å². The molecule has 5 rings (SSSR count). The second-order valence-electron chi connectivity index (χ2n) is 7.10. The second-order valence-corrected chi connectivity index (χ2v) is 15.3. The fraction of sp³-hybridized carbons (Fsp3) is 0.455. The van der Waals surface area contributed by atoms with Crippen molar-refractivity contribution in [1.82, 2.24) is 0 Å². The summed E-state index contributed by atoms with van der Waals surface area (Å²) >= 11 is 8.43. The van der Waals surface area contributed by atoms with Crippen LogP contribution in [-0.2, 0) is 25.7 Å². The summed E-state index contributed by atoms with van der Waals surface area (Å²) in [6.07, 6.45) is 4.53. The van der Waals surface area contributed by atoms with Crippen molar-refractivity contribution in [1.29, 1.82) is 0 Å². The first-order valence-corrected chi connectivity index (χ1v) is 17.4. The van der Waals surface area contributed by atoms with Crippen LogP contribution in [0.3, 0.4) is 0 Å². The molecule has 0 aliphatic carbocycles. The van der Waals surface area contributed by atoms with Crippen molar-refractivity contribution in [3.63, 3.8) is 0 Å². The van der Waals surface area contributed by atoms with Gasteiger partial charge in [0.05, 0.1) is 9.40 Å². The molecule has 0 fully saturated rings. The molecule has 7 heteroatoms. The summed E-state index contributed by atoms with van der Waals surface area (Å²) in [6.45, 7) is 9.39. The number of rotatable bonds is 4. The monoisotopic (exact) mass is 512 g/mol. The van der Waals surface area contributed by atoms with Gasteiger partial charge in [0.15, 0.2) is 0 Å². The maximum Gasteiger partial charge on any atom is 0.0615 e. The highest BCUT2D eigenvalue weighted by Crippen LogP contribution is 2.52. The number of benzene rings is 2. The van der Waals surface area contributed by atoms with Crippen molar-refractivity contribution in [2.45, 2.75) is 63.2 Å². The summed E-state index contributed by atoms with van der Waals surface area (Å²) < 4.78 is 9.42. The molecule has 0 bridgehead atoms. The van der Waals surface area contributed by atoms with E-state index in [1.54, 1.807) is 60.2 Å². The molecule has 3 heterocycles. The molecule has 0 N–H and O–H groups in total. The van der Waals surface area contributed by atoms with E-state index in [0.717, 1.165) is 25.7 Å². The highest BCUT2D eigenvalue weighted by atomic mass is 33.2. The first-order valence-electron chi connectivity index (χ1n) is 10.3. The van der Waals surface area contributed by atoms with Crippen LogP contribution in [0.1, 0.15) is 49.9 Å². The zero-order valence-electron chi connectivity index (χ0n) is 17.1. The van der Waals surface area contributed by atoms with E-state index >= 15 is 0 Å². The lowest BCUT2D eigenvalue weighted by molar-refractivity contribution is 1.00. The van der Waals surface area contributed by atoms with E-state index in [1.807, 2.05) is 30.0 Å². The molecule has 0 saturated carbocycles. The summed E-state index contributed by atoms with van der Waals surface area (Å²) in [5.74, 6) is 2.50. The number of fused-ring (bicyclic) bond motifs is 4. The standard InChI is InChI=1S/C22H24S7/c1-5-11-15-16(24-10-9-23-15)12(6-2)18-17(11)25-19-13(7-3)21-22(28-29-27-21)14(8-4)20(19)26-18/h5-10H2,1-4H3. The third-order valence-corrected chi connectivity index (χ3v) is 15.3. The third-order valence-electron chi connectivity index (χ3n) is 5.65. The number of hydrogen-bond acceptors (Lipinski definition) is 7. The van der Waals surface area contributed by atoms with Gasteiger partial charge in [0.2, 0.25) is 0 Å². The molecule has 2 aromatic carbocycles. The van der Waals surface area contributed by atoms with E-state index in [0.29, 0.717) is 0 Å². The fourth-order valence-corrected chi connectivity index (χ4v) is 15.5. The minimum Gasteiger partial charge on any atom is -0.133 e. The van der Waals surface area contributed by atoms with Crippen molar-refractivity contribution >= 4 is 104 Å². The van der Waals surface area contributed by atoms with Crippen molar-refractivity contribution in [3.05, 3.63) is 22.3 Å². The highest BCUT2D eigenvalue weighted by Gasteiger charge is 2.24. The van der Waals surface area contributed by atoms with Crippen molar-refractivity contribution in [3.8, 4) is 0 Å². The predicted molar refractivity (Wildman–Crippen MR) is 145 cm³/mol. The van der Waals surface area contributed by atoms with Gasteiger partial charge in [-0.2, -0.15) is 0 Å². The van der Waals surface area contributed by atoms with E-state index in [4.69, 9.17) is 0 Å². The Morgan fingerprint density at radius 3 is 1.28 bits per heavy atom. The molecule has 1 aliphatic rings. The fourth-order valence-electron chi connectivity index (χ4n) is 4.28. The third kappa shape index (κ3) is 3.26. The minimum atomic E-state index is 1.13. The van der Waals surface area contributed by atoms with Gasteiger partial charge in [-0.15, -0.1) is 46.2 Å². The summed E-state index contributed by atoms with van der Waals surface area (Å²) in [7, 11) is 5.93. The topological polar surface area (TPSA) is 0 Å². The molecule has 0 nitrogen and oxygen atoms in total. The van der Waals surface area contributed by atoms with Gasteiger partial charge in [-0.05, 0) is 57.3 Å². The quantitative estimate of drug-likeness (QED) is 0.197. The molecule has 0 atom stereocenters. The van der Waals surface area contributed by atoms with Gasteiger partial charge in [-0.1, -0.05) is 48.4 Å². The molecule has 0 amide bonds. The number of aryl methyl sites for hydroxylation is 4. The average molecular weight is 513 g/mol. The average Bonchev–Trinajstić information content (AvgIpc) is 3.23. The molecule has 29 heavy (non-hydrogen) atoms. The van der Waals surface area contributed by atoms with Crippen LogP contribution < -0.4 is 0 Å². The summed E-state index contributed by atoms with van der Waals surface area (Å²) in [5.41, 5.74) is 6.42. The van der Waals surface area contributed by atoms with Crippen LogP contribution in [0.25, 0.3) is 28.2 Å². The van der Waals surface area contributed by atoms with Gasteiger partial charge < -0.3 is 0 Å². The van der Waals surface area contributed by atoms with Gasteiger partial charge in [0.1, 0.15) is 0 Å². The molecule has 0 spiro atoms. The normalized spacial score (nSPS) is 14.2. The Bertz CT molecular complexity index is 1160. The molecule has 4 aromatic rings. The van der Waals surface area contributed by atoms with Crippen molar-refractivity contribution < 1.29 is 0 Å². The summed E-state index contributed by atoms with van der Waals surface area (Å²) in [6, 6.07) is 0. The Morgan fingerprint density at radius 2 is 0.897 bits per heavy atom. The van der Waals surface area contributed by atoms with Crippen LogP contribution in [0.5, 0.6) is 0 Å². The maximum atomic E-state index is 2.35. The first-order chi connectivity index (χ1) is 14.2. The van der Waals surface area contributed by atoms with E-state index in [-0.39, 0.29) is 0 Å². The number of hydrogen-bond donors (Lipinski definition) is 0. The number of thioether (sulfide) groups is 2. The Hall–Kier alpha value is 0.240. The lowest BCUT2D eigenvalue weighted by Crippen LogP contribution is -2.03. The molecule has 1 aliphatic heterocycles. The van der Waals surface area contributed by atoms with Crippen LogP contribution in [0.2, 0.25) is 0 Å². The molecular weight excluding hydrogens is 489 g/mol. The molecule has 0 saturated heterocycles. The summed E-state index contributed by atoms with van der Waals surface area (Å²) in [5, 5.41) is 0. The molecule has 0 radical (unpaired) electrons. The zero-order chi connectivity index (χ0) is 20.1. The summed E-state index contributed by atoms with van der Waals surface area (Å²) in [4.78, 5) is 3.21. The Labute approximate surface area is 199 Å². The van der Waals surface area contributed by atoms with Gasteiger partial charge in [0, 0.05) is 40.1 Å². The molecule has 154 valence electrons. The first kappa shape index (κ1) is 21.1. The predicted octanol–water partition coefficient (Wildman–Crippen LogP) is 10.0. The Kier molecular flexibility index (Phi) is 6.29. The van der Waals surface area contributed by atoms with Gasteiger partial charge >= 0.3 is 0 Å². The van der Waals surface area contributed by atoms with E-state index in [9.17, 15) is 0 Å². The van der Waals surface area contributed by atoms with Crippen LogP contribution in [0.15, 0.2) is 9.79 Å². The van der Waals surface area contributed by atoms with Crippen LogP contribution in [0, 0.1) is 0 Å². The van der Waals surface area contributed by atoms with E-state index < -0.39 is 0 Å². The second kappa shape index (κ2) is 8.64.